The van der Waals surface area contributed by atoms with Gasteiger partial charge in [-0.3, -0.25) is 14.3 Å². The van der Waals surface area contributed by atoms with Gasteiger partial charge < -0.3 is 10.6 Å². The molecule has 2 amide bonds. The van der Waals surface area contributed by atoms with Crippen LogP contribution in [0.2, 0.25) is 0 Å². The predicted octanol–water partition coefficient (Wildman–Crippen LogP) is 2.49. The molecular weight excluding hydrogens is 304 g/mol. The van der Waals surface area contributed by atoms with Crippen LogP contribution < -0.4 is 10.6 Å². The first-order valence-electron chi connectivity index (χ1n) is 7.57. The number of aromatic nitrogens is 2. The van der Waals surface area contributed by atoms with Crippen molar-refractivity contribution in [3.8, 4) is 0 Å². The number of anilines is 1. The number of fused-ring (bicyclic) bond motifs is 1. The van der Waals surface area contributed by atoms with Crippen LogP contribution >= 0.6 is 0 Å². The molecule has 2 aromatic carbocycles. The number of para-hydroxylation sites is 1. The van der Waals surface area contributed by atoms with Gasteiger partial charge in [0.1, 0.15) is 0 Å². The Bertz CT molecular complexity index is 943. The topological polar surface area (TPSA) is 76.0 Å². The van der Waals surface area contributed by atoms with E-state index in [0.29, 0.717) is 16.9 Å². The fraction of sp³-hybridized carbons (Fsp3) is 0.167. The van der Waals surface area contributed by atoms with E-state index in [0.717, 1.165) is 16.5 Å². The molecule has 24 heavy (non-hydrogen) atoms. The van der Waals surface area contributed by atoms with E-state index in [2.05, 4.69) is 15.7 Å². The molecule has 122 valence electrons. The Hall–Kier alpha value is -3.15. The van der Waals surface area contributed by atoms with Crippen LogP contribution in [0.5, 0.6) is 0 Å². The number of benzene rings is 2. The van der Waals surface area contributed by atoms with Crippen LogP contribution in [0.25, 0.3) is 10.9 Å². The van der Waals surface area contributed by atoms with Crippen LogP contribution in [-0.2, 0) is 7.05 Å². The summed E-state index contributed by atoms with van der Waals surface area (Å²) >= 11 is 0. The number of nitrogens with one attached hydrogen (secondary N) is 2. The summed E-state index contributed by atoms with van der Waals surface area (Å²) in [7, 11) is 3.39. The minimum atomic E-state index is -0.275. The van der Waals surface area contributed by atoms with Crippen molar-refractivity contribution in [2.24, 2.45) is 7.05 Å². The van der Waals surface area contributed by atoms with Crippen LogP contribution in [0.3, 0.4) is 0 Å². The first-order chi connectivity index (χ1) is 11.5. The molecule has 6 heteroatoms. The second-order valence-corrected chi connectivity index (χ2v) is 5.55. The minimum absolute atomic E-state index is 0.160. The number of hydrogen-bond donors (Lipinski definition) is 2. The fourth-order valence-electron chi connectivity index (χ4n) is 2.65. The molecule has 3 aromatic rings. The Balaban J connectivity index is 1.91. The zero-order valence-electron chi connectivity index (χ0n) is 13.8. The lowest BCUT2D eigenvalue weighted by Crippen LogP contribution is -2.18. The van der Waals surface area contributed by atoms with E-state index < -0.39 is 0 Å². The van der Waals surface area contributed by atoms with Gasteiger partial charge in [-0.2, -0.15) is 5.10 Å². The second kappa shape index (κ2) is 6.16. The monoisotopic (exact) mass is 322 g/mol. The van der Waals surface area contributed by atoms with Crippen LogP contribution in [0, 0.1) is 6.92 Å². The number of rotatable bonds is 3. The maximum Gasteiger partial charge on any atom is 0.276 e. The third kappa shape index (κ3) is 2.74. The van der Waals surface area contributed by atoms with E-state index in [-0.39, 0.29) is 11.8 Å². The van der Waals surface area contributed by atoms with Gasteiger partial charge in [0.05, 0.1) is 5.52 Å². The summed E-state index contributed by atoms with van der Waals surface area (Å²) in [5.74, 6) is -0.436. The van der Waals surface area contributed by atoms with E-state index >= 15 is 0 Å². The first-order valence-corrected chi connectivity index (χ1v) is 7.57. The SMILES string of the molecule is CNC(=O)c1ccc(NC(=O)c2nn(C)c3ccccc23)c(C)c1. The molecule has 3 rings (SSSR count). The Labute approximate surface area is 139 Å². The molecule has 1 heterocycles. The lowest BCUT2D eigenvalue weighted by molar-refractivity contribution is 0.0962. The number of carbonyl (C=O) groups excluding carboxylic acids is 2. The van der Waals surface area contributed by atoms with Crippen LogP contribution in [-0.4, -0.2) is 28.6 Å². The number of amides is 2. The quantitative estimate of drug-likeness (QED) is 0.778. The summed E-state index contributed by atoms with van der Waals surface area (Å²) in [5, 5.41) is 10.6. The van der Waals surface area contributed by atoms with E-state index in [1.807, 2.05) is 38.2 Å². The normalized spacial score (nSPS) is 10.6. The zero-order chi connectivity index (χ0) is 17.3. The Morgan fingerprint density at radius 2 is 1.83 bits per heavy atom. The van der Waals surface area contributed by atoms with Gasteiger partial charge in [0.25, 0.3) is 11.8 Å². The summed E-state index contributed by atoms with van der Waals surface area (Å²) < 4.78 is 1.69. The maximum absolute atomic E-state index is 12.6. The van der Waals surface area contributed by atoms with Crippen molar-refractivity contribution in [3.05, 3.63) is 59.3 Å². The summed E-state index contributed by atoms with van der Waals surface area (Å²) in [6.07, 6.45) is 0. The molecular formula is C18H18N4O2. The maximum atomic E-state index is 12.6. The lowest BCUT2D eigenvalue weighted by Gasteiger charge is -2.09. The third-order valence-corrected chi connectivity index (χ3v) is 3.94. The van der Waals surface area contributed by atoms with Gasteiger partial charge in [0.2, 0.25) is 0 Å². The van der Waals surface area contributed by atoms with Crippen LogP contribution in [0.4, 0.5) is 5.69 Å². The van der Waals surface area contributed by atoms with E-state index in [9.17, 15) is 9.59 Å². The number of carbonyl (C=O) groups is 2. The molecule has 0 atom stereocenters. The van der Waals surface area contributed by atoms with Gasteiger partial charge in [-0.05, 0) is 36.8 Å². The third-order valence-electron chi connectivity index (χ3n) is 3.94. The molecule has 1 aromatic heterocycles. The Kier molecular flexibility index (Phi) is 4.04. The highest BCUT2D eigenvalue weighted by atomic mass is 16.2. The lowest BCUT2D eigenvalue weighted by atomic mass is 10.1. The van der Waals surface area contributed by atoms with Crippen molar-refractivity contribution in [2.75, 3.05) is 12.4 Å². The second-order valence-electron chi connectivity index (χ2n) is 5.55. The first kappa shape index (κ1) is 15.7. The fourth-order valence-corrected chi connectivity index (χ4v) is 2.65. The smallest absolute Gasteiger partial charge is 0.276 e. The molecule has 0 spiro atoms. The van der Waals surface area contributed by atoms with E-state index in [1.165, 1.54) is 0 Å². The molecule has 2 N–H and O–H groups in total. The summed E-state index contributed by atoms with van der Waals surface area (Å²) in [6.45, 7) is 1.85. The average molecular weight is 322 g/mol. The van der Waals surface area contributed by atoms with Crippen molar-refractivity contribution in [1.82, 2.24) is 15.1 Å². The van der Waals surface area contributed by atoms with Gasteiger partial charge in [-0.15, -0.1) is 0 Å². The predicted molar refractivity (Wildman–Crippen MR) is 93.2 cm³/mol. The van der Waals surface area contributed by atoms with Gasteiger partial charge >= 0.3 is 0 Å². The van der Waals surface area contributed by atoms with E-state index in [1.54, 1.807) is 29.9 Å². The number of aryl methyl sites for hydroxylation is 2. The van der Waals surface area contributed by atoms with Crippen molar-refractivity contribution < 1.29 is 9.59 Å². The molecule has 6 nitrogen and oxygen atoms in total. The van der Waals surface area contributed by atoms with Crippen molar-refractivity contribution in [2.45, 2.75) is 6.92 Å². The molecule has 0 aliphatic carbocycles. The van der Waals surface area contributed by atoms with Gasteiger partial charge in [-0.1, -0.05) is 18.2 Å². The van der Waals surface area contributed by atoms with Crippen molar-refractivity contribution in [3.63, 3.8) is 0 Å². The van der Waals surface area contributed by atoms with Crippen LogP contribution in [0.1, 0.15) is 26.4 Å². The Morgan fingerprint density at radius 3 is 2.54 bits per heavy atom. The zero-order valence-corrected chi connectivity index (χ0v) is 13.8. The molecule has 0 aliphatic rings. The van der Waals surface area contributed by atoms with E-state index in [4.69, 9.17) is 0 Å². The highest BCUT2D eigenvalue weighted by molar-refractivity contribution is 6.11. The van der Waals surface area contributed by atoms with Crippen LogP contribution in [0.15, 0.2) is 42.5 Å². The molecule has 0 radical (unpaired) electrons. The molecule has 0 bridgehead atoms. The molecule has 0 fully saturated rings. The average Bonchev–Trinajstić information content (AvgIpc) is 2.93. The molecule has 0 saturated heterocycles. The Morgan fingerprint density at radius 1 is 1.08 bits per heavy atom. The van der Waals surface area contributed by atoms with Gasteiger partial charge in [0, 0.05) is 30.7 Å². The number of nitrogens with zero attached hydrogens (tertiary/aromatic N) is 2. The van der Waals surface area contributed by atoms with Gasteiger partial charge in [0.15, 0.2) is 5.69 Å². The van der Waals surface area contributed by atoms with Crippen molar-refractivity contribution in [1.29, 1.82) is 0 Å². The largest absolute Gasteiger partial charge is 0.355 e. The highest BCUT2D eigenvalue weighted by Crippen LogP contribution is 2.21. The summed E-state index contributed by atoms with van der Waals surface area (Å²) in [4.78, 5) is 24.3. The summed E-state index contributed by atoms with van der Waals surface area (Å²) in [5.41, 5.74) is 3.29. The van der Waals surface area contributed by atoms with Crippen molar-refractivity contribution >= 4 is 28.4 Å². The number of hydrogen-bond acceptors (Lipinski definition) is 3. The highest BCUT2D eigenvalue weighted by Gasteiger charge is 2.17. The minimum Gasteiger partial charge on any atom is -0.355 e. The molecule has 0 saturated carbocycles. The molecule has 0 unspecified atom stereocenters. The van der Waals surface area contributed by atoms with Gasteiger partial charge in [-0.25, -0.2) is 0 Å². The molecule has 0 aliphatic heterocycles. The standard InChI is InChI=1S/C18H18N4O2/c1-11-10-12(17(23)19-2)8-9-14(11)20-18(24)16-13-6-4-5-7-15(13)22(3)21-16/h4-10H,1-3H3,(H,19,23)(H,20,24). The summed E-state index contributed by atoms with van der Waals surface area (Å²) in [6, 6.07) is 12.7.